The average Bonchev–Trinajstić information content (AvgIpc) is 2.03. The molecule has 0 heterocycles. The number of carboxylic acid groups (broad SMARTS) is 1. The molecule has 2 heteroatoms. The summed E-state index contributed by atoms with van der Waals surface area (Å²) >= 11 is 0. The minimum atomic E-state index is -0.879. The van der Waals surface area contributed by atoms with Crippen molar-refractivity contribution in [2.45, 2.75) is 12.8 Å². The van der Waals surface area contributed by atoms with Gasteiger partial charge >= 0.3 is 5.97 Å². The topological polar surface area (TPSA) is 37.3 Å². The number of hydrogen-bond acceptors (Lipinski definition) is 1. The third-order valence-electron chi connectivity index (χ3n) is 1.69. The van der Waals surface area contributed by atoms with Crippen LogP contribution in [0, 0.1) is 0 Å². The monoisotopic (exact) mass is 176 g/mol. The van der Waals surface area contributed by atoms with Crippen molar-refractivity contribution in [3.8, 4) is 0 Å². The van der Waals surface area contributed by atoms with Gasteiger partial charge in [0.05, 0.1) is 5.56 Å². The standard InChI is InChI=1S/C7H6O2.C4H6/c8-7(9)6-4-2-1-3-5-6;1-2-4-3-1/h1-5H,(H,8,9);1-2H,3-4H2. The van der Waals surface area contributed by atoms with Crippen LogP contribution in [0.4, 0.5) is 0 Å². The number of benzene rings is 1. The lowest BCUT2D eigenvalue weighted by Crippen LogP contribution is -1.93. The molecule has 1 aliphatic rings. The van der Waals surface area contributed by atoms with Crippen molar-refractivity contribution in [3.05, 3.63) is 48.0 Å². The maximum absolute atomic E-state index is 10.2. The molecule has 0 saturated heterocycles. The molecule has 1 aliphatic carbocycles. The zero-order valence-corrected chi connectivity index (χ0v) is 7.31. The molecule has 1 aromatic rings. The number of aromatic carboxylic acids is 1. The van der Waals surface area contributed by atoms with Gasteiger partial charge in [0.25, 0.3) is 0 Å². The van der Waals surface area contributed by atoms with E-state index in [-0.39, 0.29) is 0 Å². The lowest BCUT2D eigenvalue weighted by atomic mass is 10.1. The molecule has 0 bridgehead atoms. The lowest BCUT2D eigenvalue weighted by Gasteiger charge is -1.92. The summed E-state index contributed by atoms with van der Waals surface area (Å²) in [5.41, 5.74) is 0.331. The van der Waals surface area contributed by atoms with Crippen LogP contribution in [-0.4, -0.2) is 11.1 Å². The van der Waals surface area contributed by atoms with Crippen LogP contribution in [0.5, 0.6) is 0 Å². The summed E-state index contributed by atoms with van der Waals surface area (Å²) in [4.78, 5) is 10.2. The second kappa shape index (κ2) is 5.14. The molecule has 68 valence electrons. The van der Waals surface area contributed by atoms with Crippen LogP contribution in [0.1, 0.15) is 23.2 Å². The first-order valence-electron chi connectivity index (χ1n) is 4.24. The fraction of sp³-hybridized carbons (Fsp3) is 0.182. The van der Waals surface area contributed by atoms with Crippen LogP contribution in [0.15, 0.2) is 42.5 Å². The predicted octanol–water partition coefficient (Wildman–Crippen LogP) is 2.72. The van der Waals surface area contributed by atoms with Crippen molar-refractivity contribution in [3.63, 3.8) is 0 Å². The molecular weight excluding hydrogens is 164 g/mol. The smallest absolute Gasteiger partial charge is 0.335 e. The maximum atomic E-state index is 10.2. The van der Waals surface area contributed by atoms with Gasteiger partial charge in [-0.25, -0.2) is 4.79 Å². The first-order valence-corrected chi connectivity index (χ1v) is 4.24. The van der Waals surface area contributed by atoms with E-state index in [0.717, 1.165) is 0 Å². The highest BCUT2D eigenvalue weighted by Gasteiger charge is 1.96. The first kappa shape index (κ1) is 9.52. The normalized spacial score (nSPS) is 12.3. The van der Waals surface area contributed by atoms with Gasteiger partial charge in [0.2, 0.25) is 0 Å². The summed E-state index contributed by atoms with van der Waals surface area (Å²) in [6.45, 7) is 0. The Hall–Kier alpha value is -1.57. The van der Waals surface area contributed by atoms with Gasteiger partial charge in [-0.3, -0.25) is 0 Å². The van der Waals surface area contributed by atoms with Gasteiger partial charge in [0.15, 0.2) is 0 Å². The Bertz CT molecular complexity index is 282. The summed E-state index contributed by atoms with van der Waals surface area (Å²) < 4.78 is 0. The molecule has 1 N–H and O–H groups in total. The van der Waals surface area contributed by atoms with E-state index < -0.39 is 5.97 Å². The third kappa shape index (κ3) is 3.56. The summed E-state index contributed by atoms with van der Waals surface area (Å²) in [5, 5.41) is 8.38. The fourth-order valence-electron chi connectivity index (χ4n) is 0.747. The highest BCUT2D eigenvalue weighted by atomic mass is 16.4. The Labute approximate surface area is 77.5 Å². The van der Waals surface area contributed by atoms with Crippen LogP contribution in [0.3, 0.4) is 0 Å². The molecule has 0 spiro atoms. The molecule has 1 aromatic carbocycles. The van der Waals surface area contributed by atoms with E-state index >= 15 is 0 Å². The Kier molecular flexibility index (Phi) is 3.76. The molecule has 0 radical (unpaired) electrons. The van der Waals surface area contributed by atoms with Crippen molar-refractivity contribution in [1.82, 2.24) is 0 Å². The number of hydrogen-bond donors (Lipinski definition) is 1. The van der Waals surface area contributed by atoms with E-state index in [1.807, 2.05) is 0 Å². The van der Waals surface area contributed by atoms with E-state index in [4.69, 9.17) is 5.11 Å². The molecule has 0 fully saturated rings. The largest absolute Gasteiger partial charge is 0.478 e. The highest BCUT2D eigenvalue weighted by molar-refractivity contribution is 5.87. The lowest BCUT2D eigenvalue weighted by molar-refractivity contribution is 0.0697. The van der Waals surface area contributed by atoms with Crippen LogP contribution in [0.2, 0.25) is 0 Å². The zero-order chi connectivity index (χ0) is 9.52. The van der Waals surface area contributed by atoms with Crippen LogP contribution >= 0.6 is 0 Å². The molecule has 0 aliphatic heterocycles. The molecule has 0 aromatic heterocycles. The molecule has 0 saturated carbocycles. The zero-order valence-electron chi connectivity index (χ0n) is 7.31. The van der Waals surface area contributed by atoms with Crippen molar-refractivity contribution < 1.29 is 9.90 Å². The van der Waals surface area contributed by atoms with Gasteiger partial charge in [0, 0.05) is 0 Å². The Morgan fingerprint density at radius 1 is 1.08 bits per heavy atom. The van der Waals surface area contributed by atoms with E-state index in [0.29, 0.717) is 5.56 Å². The molecule has 2 rings (SSSR count). The van der Waals surface area contributed by atoms with Crippen molar-refractivity contribution in [1.29, 1.82) is 0 Å². The summed E-state index contributed by atoms with van der Waals surface area (Å²) in [5.74, 6) is -0.879. The second-order valence-corrected chi connectivity index (χ2v) is 2.72. The third-order valence-corrected chi connectivity index (χ3v) is 1.69. The van der Waals surface area contributed by atoms with Crippen molar-refractivity contribution >= 4 is 5.97 Å². The predicted molar refractivity (Wildman–Crippen MR) is 51.8 cm³/mol. The number of carboxylic acids is 1. The quantitative estimate of drug-likeness (QED) is 0.668. The molecular formula is C11H12O2. The van der Waals surface area contributed by atoms with Crippen LogP contribution < -0.4 is 0 Å². The summed E-state index contributed by atoms with van der Waals surface area (Å²) in [6.07, 6.45) is 7.00. The first-order chi connectivity index (χ1) is 6.30. The van der Waals surface area contributed by atoms with Gasteiger partial charge < -0.3 is 5.11 Å². The van der Waals surface area contributed by atoms with Gasteiger partial charge in [-0.1, -0.05) is 30.4 Å². The minimum absolute atomic E-state index is 0.331. The second-order valence-electron chi connectivity index (χ2n) is 2.72. The number of carbonyl (C=O) groups is 1. The molecule has 2 nitrogen and oxygen atoms in total. The summed E-state index contributed by atoms with van der Waals surface area (Å²) in [6, 6.07) is 8.30. The Morgan fingerprint density at radius 3 is 1.77 bits per heavy atom. The van der Waals surface area contributed by atoms with Crippen LogP contribution in [-0.2, 0) is 0 Å². The van der Waals surface area contributed by atoms with Gasteiger partial charge in [-0.05, 0) is 25.0 Å². The van der Waals surface area contributed by atoms with E-state index in [1.54, 1.807) is 30.3 Å². The van der Waals surface area contributed by atoms with Gasteiger partial charge in [-0.15, -0.1) is 0 Å². The fourth-order valence-corrected chi connectivity index (χ4v) is 0.747. The van der Waals surface area contributed by atoms with Crippen molar-refractivity contribution in [2.75, 3.05) is 0 Å². The maximum Gasteiger partial charge on any atom is 0.335 e. The molecule has 13 heavy (non-hydrogen) atoms. The van der Waals surface area contributed by atoms with Crippen molar-refractivity contribution in [2.24, 2.45) is 0 Å². The minimum Gasteiger partial charge on any atom is -0.478 e. The highest BCUT2D eigenvalue weighted by Crippen LogP contribution is 2.01. The number of allylic oxidation sites excluding steroid dienone is 2. The SMILES string of the molecule is C1=CCC1.O=C(O)c1ccccc1. The average molecular weight is 176 g/mol. The van der Waals surface area contributed by atoms with Crippen LogP contribution in [0.25, 0.3) is 0 Å². The van der Waals surface area contributed by atoms with E-state index in [1.165, 1.54) is 12.8 Å². The Morgan fingerprint density at radius 2 is 1.54 bits per heavy atom. The van der Waals surface area contributed by atoms with Gasteiger partial charge in [-0.2, -0.15) is 0 Å². The van der Waals surface area contributed by atoms with E-state index in [9.17, 15) is 4.79 Å². The van der Waals surface area contributed by atoms with Gasteiger partial charge in [0.1, 0.15) is 0 Å². The number of rotatable bonds is 1. The molecule has 0 unspecified atom stereocenters. The summed E-state index contributed by atoms with van der Waals surface area (Å²) in [7, 11) is 0. The molecule has 0 atom stereocenters. The molecule has 0 amide bonds. The van der Waals surface area contributed by atoms with E-state index in [2.05, 4.69) is 12.2 Å². The Balaban J connectivity index is 0.000000175.